The van der Waals surface area contributed by atoms with Crippen molar-refractivity contribution in [3.8, 4) is 0 Å². The lowest BCUT2D eigenvalue weighted by Crippen LogP contribution is -1.80. The van der Waals surface area contributed by atoms with Crippen molar-refractivity contribution in [3.05, 3.63) is 0 Å². The van der Waals surface area contributed by atoms with Gasteiger partial charge < -0.3 is 4.74 Å². The first-order chi connectivity index (χ1) is 1.91. The van der Waals surface area contributed by atoms with Crippen LogP contribution in [0.5, 0.6) is 0 Å². The largest absolute Gasteiger partial charge is 0.402 e. The number of hydrogen-bond acceptors (Lipinski definition) is 1. The minimum atomic E-state index is 0. The second kappa shape index (κ2) is 3.49. The molecule has 0 aromatic heterocycles. The van der Waals surface area contributed by atoms with E-state index >= 15 is 0 Å². The van der Waals surface area contributed by atoms with E-state index in [0.29, 0.717) is 0 Å². The van der Waals surface area contributed by atoms with Gasteiger partial charge in [-0.1, -0.05) is 0 Å². The van der Waals surface area contributed by atoms with Gasteiger partial charge in [0.05, 0.1) is 0 Å². The highest BCUT2D eigenvalue weighted by atomic mass is 27.0. The van der Waals surface area contributed by atoms with E-state index in [9.17, 15) is 0 Å². The topological polar surface area (TPSA) is 9.23 Å². The van der Waals surface area contributed by atoms with E-state index in [-0.39, 0.29) is 1.43 Å². The van der Waals surface area contributed by atoms with Crippen LogP contribution in [0.2, 0.25) is 0 Å². The molecule has 0 unspecified atom stereocenters. The summed E-state index contributed by atoms with van der Waals surface area (Å²) in [5, 5.41) is 0. The highest BCUT2D eigenvalue weighted by Crippen LogP contribution is 1.45. The number of methoxy groups -OCH3 is 1. The molecule has 0 fully saturated rings. The van der Waals surface area contributed by atoms with Crippen LogP contribution in [-0.2, 0) is 4.74 Å². The Labute approximate surface area is 35.9 Å². The Morgan fingerprint density at radius 2 is 2.50 bits per heavy atom. The van der Waals surface area contributed by atoms with E-state index in [2.05, 4.69) is 21.0 Å². The number of hydrogen-bond donors (Lipinski definition) is 0. The zero-order chi connectivity index (χ0) is 3.41. The van der Waals surface area contributed by atoms with Gasteiger partial charge in [-0.05, 0) is 5.47 Å². The molecule has 0 saturated heterocycles. The molecule has 0 amide bonds. The van der Waals surface area contributed by atoms with Crippen LogP contribution in [0, 0.1) is 0 Å². The lowest BCUT2D eigenvalue weighted by molar-refractivity contribution is 0.254. The quantitative estimate of drug-likeness (QED) is 0.398. The van der Waals surface area contributed by atoms with Crippen molar-refractivity contribution in [1.29, 1.82) is 0 Å². The first-order valence-electron chi connectivity index (χ1n) is 1.11. The van der Waals surface area contributed by atoms with E-state index in [1.54, 1.807) is 7.11 Å². The Hall–Kier alpha value is 0.492. The third kappa shape index (κ3) is 2.49. The maximum absolute atomic E-state index is 4.50. The minimum Gasteiger partial charge on any atom is -0.402 e. The molecule has 0 bridgehead atoms. The van der Waals surface area contributed by atoms with Gasteiger partial charge in [0.15, 0.2) is 16.3 Å². The second-order valence-corrected chi connectivity index (χ2v) is 0.789. The van der Waals surface area contributed by atoms with Crippen LogP contribution in [-0.4, -0.2) is 28.9 Å². The molecule has 0 aromatic carbocycles. The number of rotatable bonds is 1. The summed E-state index contributed by atoms with van der Waals surface area (Å²) in [4.78, 5) is 0. The molecule has 24 valence electrons. The predicted octanol–water partition coefficient (Wildman–Crippen LogP) is 0.00480. The maximum Gasteiger partial charge on any atom is 0.165 e. The van der Waals surface area contributed by atoms with Crippen molar-refractivity contribution in [2.75, 3.05) is 12.6 Å². The molecule has 0 aliphatic carbocycles. The smallest absolute Gasteiger partial charge is 0.165 e. The molecule has 0 rings (SSSR count). The second-order valence-electron chi connectivity index (χ2n) is 0.455. The van der Waals surface area contributed by atoms with Crippen LogP contribution < -0.4 is 0 Å². The molecule has 0 atom stereocenters. The molecule has 2 radical (unpaired) electrons. The first kappa shape index (κ1) is 4.49. The van der Waals surface area contributed by atoms with Crippen LogP contribution in [0.25, 0.3) is 0 Å². The van der Waals surface area contributed by atoms with Crippen molar-refractivity contribution < 1.29 is 6.16 Å². The highest BCUT2D eigenvalue weighted by molar-refractivity contribution is 6.08. The molecule has 0 N–H and O–H groups in total. The molecule has 0 heterocycles. The lowest BCUT2D eigenvalue weighted by Gasteiger charge is -1.77. The Morgan fingerprint density at radius 3 is 2.50 bits per heavy atom. The normalized spacial score (nSPS) is 7.25. The molecule has 0 aliphatic rings. The third-order valence-corrected chi connectivity index (χ3v) is 0.500. The zero-order valence-electron chi connectivity index (χ0n) is 2.69. The average molecular weight is 74.1 g/mol. The van der Waals surface area contributed by atoms with E-state index in [1.807, 2.05) is 0 Å². The summed E-state index contributed by atoms with van der Waals surface area (Å²) in [5.74, 6) is 0. The van der Waals surface area contributed by atoms with Gasteiger partial charge in [-0.3, -0.25) is 0 Å². The summed E-state index contributed by atoms with van der Waals surface area (Å²) in [5.41, 5.74) is 0.736. The van der Waals surface area contributed by atoms with Gasteiger partial charge in [-0.2, -0.15) is 0 Å². The van der Waals surface area contributed by atoms with Crippen LogP contribution >= 0.6 is 0 Å². The maximum atomic E-state index is 4.50. The molecule has 0 aliphatic heterocycles. The fourth-order valence-corrected chi connectivity index (χ4v) is 0. The molecule has 1 nitrogen and oxygen atoms in total. The zero-order valence-corrected chi connectivity index (χ0v) is 3.85. The van der Waals surface area contributed by atoms with Gasteiger partial charge in [-0.25, -0.2) is 0 Å². The van der Waals surface area contributed by atoms with Gasteiger partial charge in [-0.15, -0.1) is 0 Å². The van der Waals surface area contributed by atoms with Gasteiger partial charge in [0.25, 0.3) is 0 Å². The van der Waals surface area contributed by atoms with Crippen LogP contribution in [0.3, 0.4) is 0 Å². The Kier molecular flexibility index (Phi) is 3.92. The molecule has 0 spiro atoms. The molecular formula is C2H7AlO. The van der Waals surface area contributed by atoms with Crippen molar-refractivity contribution in [2.45, 2.75) is 0 Å². The average Bonchev–Trinajstić information content (AvgIpc) is 1.37. The summed E-state index contributed by atoms with van der Waals surface area (Å²) in [7, 11) is 1.66. The van der Waals surface area contributed by atoms with Gasteiger partial charge in [0.1, 0.15) is 0 Å². The third-order valence-electron chi connectivity index (χ3n) is 0.167. The Morgan fingerprint density at radius 1 is 2.25 bits per heavy atom. The monoisotopic (exact) mass is 74.0 g/mol. The van der Waals surface area contributed by atoms with Crippen molar-refractivity contribution in [3.63, 3.8) is 0 Å². The highest BCUT2D eigenvalue weighted by Gasteiger charge is 1.52. The summed E-state index contributed by atoms with van der Waals surface area (Å²) in [6.45, 7) is 0. The molecule has 0 aromatic rings. The Balaban J connectivity index is 0. The summed E-state index contributed by atoms with van der Waals surface area (Å²) in [6.07, 6.45) is 0. The predicted molar refractivity (Wildman–Crippen MR) is 19.7 cm³/mol. The van der Waals surface area contributed by atoms with Crippen molar-refractivity contribution in [1.82, 2.24) is 0 Å². The standard InChI is InChI=1S/C2H5O.Al.H2/c1-3-2;;/h1H2,2H3;;1H. The number of ether oxygens (including phenoxy) is 1. The van der Waals surface area contributed by atoms with Crippen LogP contribution in [0.4, 0.5) is 0 Å². The fourth-order valence-electron chi connectivity index (χ4n) is 0. The van der Waals surface area contributed by atoms with E-state index in [1.165, 1.54) is 0 Å². The minimum absolute atomic E-state index is 0. The SMILES string of the molecule is CO[CH2][Al].[HH]. The van der Waals surface area contributed by atoms with Crippen molar-refractivity contribution >= 4 is 16.3 Å². The fraction of sp³-hybridized carbons (Fsp3) is 1.00. The van der Waals surface area contributed by atoms with E-state index in [0.717, 1.165) is 5.47 Å². The lowest BCUT2D eigenvalue weighted by atomic mass is 11.5. The molecular weight excluding hydrogens is 67.0 g/mol. The first-order valence-corrected chi connectivity index (χ1v) is 1.92. The van der Waals surface area contributed by atoms with Crippen LogP contribution in [0.1, 0.15) is 1.43 Å². The molecule has 4 heavy (non-hydrogen) atoms. The van der Waals surface area contributed by atoms with Gasteiger partial charge in [0, 0.05) is 8.54 Å². The Bertz CT molecular complexity index is 11.6. The summed E-state index contributed by atoms with van der Waals surface area (Å²) < 4.78 is 4.50. The van der Waals surface area contributed by atoms with Crippen LogP contribution in [0.15, 0.2) is 0 Å². The van der Waals surface area contributed by atoms with Gasteiger partial charge in [0.2, 0.25) is 0 Å². The molecule has 2 heteroatoms. The van der Waals surface area contributed by atoms with Crippen molar-refractivity contribution in [2.24, 2.45) is 0 Å². The van der Waals surface area contributed by atoms with Gasteiger partial charge >= 0.3 is 0 Å². The molecule has 0 saturated carbocycles. The van der Waals surface area contributed by atoms with E-state index < -0.39 is 0 Å². The summed E-state index contributed by atoms with van der Waals surface area (Å²) in [6, 6.07) is 0. The summed E-state index contributed by atoms with van der Waals surface area (Å²) >= 11 is 2.43. The van der Waals surface area contributed by atoms with E-state index in [4.69, 9.17) is 0 Å².